The summed E-state index contributed by atoms with van der Waals surface area (Å²) in [4.78, 5) is 0. The molecule has 120 valence electrons. The molecule has 2 aromatic rings. The third kappa shape index (κ3) is 5.85. The van der Waals surface area contributed by atoms with Crippen LogP contribution in [0.1, 0.15) is 17.5 Å². The van der Waals surface area contributed by atoms with E-state index >= 15 is 0 Å². The van der Waals surface area contributed by atoms with Gasteiger partial charge in [-0.25, -0.2) is 0 Å². The zero-order chi connectivity index (χ0) is 16.5. The Kier molecular flexibility index (Phi) is 6.79. The average molecular weight is 312 g/mol. The largest absolute Gasteiger partial charge is 0.394 e. The minimum Gasteiger partial charge on any atom is -0.394 e. The van der Waals surface area contributed by atoms with Crippen molar-refractivity contribution in [1.82, 2.24) is 0 Å². The van der Waals surface area contributed by atoms with Gasteiger partial charge in [0.15, 0.2) is 6.29 Å². The molecule has 0 spiro atoms. The molecular formula is C19H20O4. The molecule has 1 aliphatic heterocycles. The molecular weight excluding hydrogens is 292 g/mol. The van der Waals surface area contributed by atoms with Crippen LogP contribution in [0.3, 0.4) is 0 Å². The molecule has 0 aromatic heterocycles. The second-order valence-corrected chi connectivity index (χ2v) is 5.10. The highest BCUT2D eigenvalue weighted by Crippen LogP contribution is 2.17. The van der Waals surface area contributed by atoms with Crippen LogP contribution in [0.4, 0.5) is 0 Å². The van der Waals surface area contributed by atoms with Gasteiger partial charge in [0.1, 0.15) is 6.10 Å². The first-order valence-electron chi connectivity index (χ1n) is 7.43. The SMILES string of the molecule is C(#Cc1ccccc1)c1ccccc1.OC[C@H]1OC(O)C[C@@H]1O. The predicted molar refractivity (Wildman–Crippen MR) is 87.5 cm³/mol. The molecule has 1 unspecified atom stereocenters. The van der Waals surface area contributed by atoms with Crippen LogP contribution < -0.4 is 0 Å². The average Bonchev–Trinajstić information content (AvgIpc) is 2.93. The van der Waals surface area contributed by atoms with Crippen LogP contribution in [0.2, 0.25) is 0 Å². The highest BCUT2D eigenvalue weighted by Gasteiger charge is 2.31. The molecule has 1 saturated heterocycles. The highest BCUT2D eigenvalue weighted by atomic mass is 16.6. The number of rotatable bonds is 1. The van der Waals surface area contributed by atoms with E-state index in [-0.39, 0.29) is 13.0 Å². The Morgan fingerprint density at radius 2 is 1.35 bits per heavy atom. The van der Waals surface area contributed by atoms with Crippen LogP contribution in [0, 0.1) is 11.8 Å². The molecule has 3 rings (SSSR count). The zero-order valence-electron chi connectivity index (χ0n) is 12.7. The van der Waals surface area contributed by atoms with Crippen molar-refractivity contribution < 1.29 is 20.1 Å². The van der Waals surface area contributed by atoms with E-state index < -0.39 is 18.5 Å². The Morgan fingerprint density at radius 3 is 1.65 bits per heavy atom. The van der Waals surface area contributed by atoms with Gasteiger partial charge < -0.3 is 20.1 Å². The molecule has 0 aliphatic carbocycles. The second kappa shape index (κ2) is 9.09. The summed E-state index contributed by atoms with van der Waals surface area (Å²) < 4.78 is 4.68. The van der Waals surface area contributed by atoms with Crippen molar-refractivity contribution in [1.29, 1.82) is 0 Å². The third-order valence-corrected chi connectivity index (χ3v) is 3.28. The van der Waals surface area contributed by atoms with E-state index in [1.165, 1.54) is 0 Å². The molecule has 3 atom stereocenters. The van der Waals surface area contributed by atoms with Crippen molar-refractivity contribution in [3.8, 4) is 11.8 Å². The maximum Gasteiger partial charge on any atom is 0.157 e. The fraction of sp³-hybridized carbons (Fsp3) is 0.263. The first kappa shape index (κ1) is 17.2. The molecule has 0 amide bonds. The summed E-state index contributed by atoms with van der Waals surface area (Å²) in [5.74, 6) is 6.22. The van der Waals surface area contributed by atoms with E-state index in [1.807, 2.05) is 60.7 Å². The number of benzene rings is 2. The smallest absolute Gasteiger partial charge is 0.157 e. The highest BCUT2D eigenvalue weighted by molar-refractivity contribution is 5.42. The van der Waals surface area contributed by atoms with E-state index in [1.54, 1.807) is 0 Å². The summed E-state index contributed by atoms with van der Waals surface area (Å²) in [5.41, 5.74) is 2.10. The van der Waals surface area contributed by atoms with Gasteiger partial charge in [-0.2, -0.15) is 0 Å². The van der Waals surface area contributed by atoms with Gasteiger partial charge in [0, 0.05) is 17.5 Å². The van der Waals surface area contributed by atoms with Crippen molar-refractivity contribution >= 4 is 0 Å². The van der Waals surface area contributed by atoms with Gasteiger partial charge in [-0.15, -0.1) is 0 Å². The lowest BCUT2D eigenvalue weighted by Gasteiger charge is -2.08. The zero-order valence-corrected chi connectivity index (χ0v) is 12.7. The number of hydrogen-bond acceptors (Lipinski definition) is 4. The van der Waals surface area contributed by atoms with E-state index in [2.05, 4.69) is 16.6 Å². The van der Waals surface area contributed by atoms with Crippen LogP contribution in [-0.2, 0) is 4.74 Å². The number of ether oxygens (including phenoxy) is 1. The molecule has 0 saturated carbocycles. The van der Waals surface area contributed by atoms with Gasteiger partial charge in [-0.1, -0.05) is 48.2 Å². The number of aliphatic hydroxyl groups excluding tert-OH is 3. The molecule has 2 aromatic carbocycles. The summed E-state index contributed by atoms with van der Waals surface area (Å²) in [6, 6.07) is 20.0. The topological polar surface area (TPSA) is 69.9 Å². The van der Waals surface area contributed by atoms with Crippen molar-refractivity contribution in [2.75, 3.05) is 6.61 Å². The maximum absolute atomic E-state index is 8.91. The third-order valence-electron chi connectivity index (χ3n) is 3.28. The van der Waals surface area contributed by atoms with Gasteiger partial charge in [0.25, 0.3) is 0 Å². The molecule has 4 nitrogen and oxygen atoms in total. The van der Waals surface area contributed by atoms with Gasteiger partial charge in [0.05, 0.1) is 12.7 Å². The van der Waals surface area contributed by atoms with Gasteiger partial charge in [0.2, 0.25) is 0 Å². The van der Waals surface area contributed by atoms with Gasteiger partial charge in [-0.3, -0.25) is 0 Å². The normalized spacial score (nSPS) is 22.5. The number of aliphatic hydroxyl groups is 3. The molecule has 1 aliphatic rings. The Hall–Kier alpha value is -2.16. The summed E-state index contributed by atoms with van der Waals surface area (Å²) in [6.07, 6.45) is -2.02. The second-order valence-electron chi connectivity index (χ2n) is 5.10. The minimum absolute atomic E-state index is 0.200. The number of hydrogen-bond donors (Lipinski definition) is 3. The van der Waals surface area contributed by atoms with Gasteiger partial charge in [-0.05, 0) is 24.3 Å². The van der Waals surface area contributed by atoms with E-state index in [0.717, 1.165) is 11.1 Å². The summed E-state index contributed by atoms with van der Waals surface area (Å²) in [7, 11) is 0. The summed E-state index contributed by atoms with van der Waals surface area (Å²) in [6.45, 7) is -0.238. The van der Waals surface area contributed by atoms with Gasteiger partial charge >= 0.3 is 0 Å². The quantitative estimate of drug-likeness (QED) is 0.699. The molecule has 0 bridgehead atoms. The molecule has 0 radical (unpaired) electrons. The van der Waals surface area contributed by atoms with E-state index in [0.29, 0.717) is 0 Å². The Balaban J connectivity index is 0.000000185. The lowest BCUT2D eigenvalue weighted by atomic mass is 10.2. The van der Waals surface area contributed by atoms with Crippen molar-refractivity contribution in [2.45, 2.75) is 24.9 Å². The Morgan fingerprint density at radius 1 is 0.870 bits per heavy atom. The first-order chi connectivity index (χ1) is 11.2. The maximum atomic E-state index is 8.91. The van der Waals surface area contributed by atoms with Crippen LogP contribution in [0.5, 0.6) is 0 Å². The monoisotopic (exact) mass is 312 g/mol. The van der Waals surface area contributed by atoms with E-state index in [4.69, 9.17) is 15.3 Å². The van der Waals surface area contributed by atoms with Crippen molar-refractivity contribution in [2.24, 2.45) is 0 Å². The van der Waals surface area contributed by atoms with Crippen molar-refractivity contribution in [3.63, 3.8) is 0 Å². The fourth-order valence-corrected chi connectivity index (χ4v) is 2.06. The molecule has 1 heterocycles. The van der Waals surface area contributed by atoms with Crippen molar-refractivity contribution in [3.05, 3.63) is 71.8 Å². The van der Waals surface area contributed by atoms with Crippen LogP contribution >= 0.6 is 0 Å². The Bertz CT molecular complexity index is 587. The predicted octanol–water partition coefficient (Wildman–Crippen LogP) is 1.53. The summed E-state index contributed by atoms with van der Waals surface area (Å²) >= 11 is 0. The van der Waals surface area contributed by atoms with Crippen LogP contribution in [0.15, 0.2) is 60.7 Å². The Labute approximate surface area is 136 Å². The minimum atomic E-state index is -0.905. The lowest BCUT2D eigenvalue weighted by molar-refractivity contribution is -0.107. The molecule has 1 fully saturated rings. The van der Waals surface area contributed by atoms with E-state index in [9.17, 15) is 0 Å². The molecule has 3 N–H and O–H groups in total. The standard InChI is InChI=1S/C14H10.C5H10O4/c1-3-7-13(8-4-1)11-12-14-9-5-2-6-10-14;6-2-4-3(7)1-5(8)9-4/h1-10H;3-8H,1-2H2/t;3-,4+,5?/m.0/s1. The fourth-order valence-electron chi connectivity index (χ4n) is 2.06. The molecule has 4 heteroatoms. The van der Waals surface area contributed by atoms with Crippen LogP contribution in [0.25, 0.3) is 0 Å². The first-order valence-corrected chi connectivity index (χ1v) is 7.43. The molecule has 23 heavy (non-hydrogen) atoms. The summed E-state index contributed by atoms with van der Waals surface area (Å²) in [5, 5.41) is 26.1. The lowest BCUT2D eigenvalue weighted by Crippen LogP contribution is -2.24. The van der Waals surface area contributed by atoms with Crippen LogP contribution in [-0.4, -0.2) is 40.4 Å².